The topological polar surface area (TPSA) is 129 Å². The second kappa shape index (κ2) is 11.7. The highest BCUT2D eigenvalue weighted by Crippen LogP contribution is 1.97. The van der Waals surface area contributed by atoms with Crippen LogP contribution in [0.15, 0.2) is 43.0 Å². The van der Waals surface area contributed by atoms with Crippen LogP contribution in [-0.2, 0) is 19.0 Å². The maximum atomic E-state index is 8.67. The molecule has 0 aliphatic carbocycles. The van der Waals surface area contributed by atoms with Crippen LogP contribution in [0.25, 0.3) is 0 Å². The van der Waals surface area contributed by atoms with Crippen molar-refractivity contribution >= 4 is 5.69 Å². The van der Waals surface area contributed by atoms with Gasteiger partial charge in [-0.2, -0.15) is 0 Å². The van der Waals surface area contributed by atoms with Gasteiger partial charge in [-0.1, -0.05) is 0 Å². The van der Waals surface area contributed by atoms with Crippen LogP contribution in [0.4, 0.5) is 5.69 Å². The lowest BCUT2D eigenvalue weighted by atomic mass is 10.6. The number of hydrogen-bond donors (Lipinski definition) is 3. The van der Waals surface area contributed by atoms with Crippen molar-refractivity contribution < 1.29 is 10.1 Å². The van der Waals surface area contributed by atoms with Gasteiger partial charge >= 0.3 is 0 Å². The molecule has 18 heavy (non-hydrogen) atoms. The molecule has 0 atom stereocenters. The summed E-state index contributed by atoms with van der Waals surface area (Å²) in [5, 5.41) is 8.67. The second-order valence-corrected chi connectivity index (χ2v) is 3.24. The third-order valence-corrected chi connectivity index (χ3v) is 1.68. The molecule has 0 aliphatic heterocycles. The first-order valence-corrected chi connectivity index (χ1v) is 4.99. The molecule has 0 spiro atoms. The quantitative estimate of drug-likeness (QED) is 0.375. The van der Waals surface area contributed by atoms with Crippen molar-refractivity contribution in [3.63, 3.8) is 0 Å². The largest absolute Gasteiger partial charge is 0.722 e. The van der Waals surface area contributed by atoms with E-state index in [4.69, 9.17) is 11.0 Å². The van der Waals surface area contributed by atoms with Crippen molar-refractivity contribution in [2.75, 3.05) is 12.5 Å². The van der Waals surface area contributed by atoms with E-state index in [1.54, 1.807) is 0 Å². The van der Waals surface area contributed by atoms with E-state index < -0.39 is 0 Å². The molecule has 0 unspecified atom stereocenters. The van der Waals surface area contributed by atoms with E-state index in [0.29, 0.717) is 0 Å². The summed E-state index contributed by atoms with van der Waals surface area (Å²) in [5.41, 5.74) is 10.7. The van der Waals surface area contributed by atoms with Gasteiger partial charge in [0.05, 0.1) is 6.73 Å². The zero-order valence-electron chi connectivity index (χ0n) is 10.8. The van der Waals surface area contributed by atoms with Gasteiger partial charge in [0.15, 0.2) is 0 Å². The van der Waals surface area contributed by atoms with Gasteiger partial charge < -0.3 is 36.9 Å². The molecule has 2 heterocycles. The van der Waals surface area contributed by atoms with E-state index >= 15 is 0 Å². The van der Waals surface area contributed by atoms with Crippen LogP contribution in [0, 0.1) is 0 Å². The maximum Gasteiger partial charge on any atom is 0.0823 e. The van der Waals surface area contributed by atoms with Gasteiger partial charge in [0.25, 0.3) is 0 Å². The summed E-state index contributed by atoms with van der Waals surface area (Å²) in [5.74, 6) is 0. The van der Waals surface area contributed by atoms with Crippen LogP contribution in [0.2, 0.25) is 0 Å². The summed E-state index contributed by atoms with van der Waals surface area (Å²) < 4.78 is 3.91. The molecule has 0 aromatic carbocycles. The number of nitrogens with zero attached hydrogens (tertiary/aromatic N) is 2. The fourth-order valence-electron chi connectivity index (χ4n) is 0.945. The number of nitrogens with two attached hydrogens (primary N) is 2. The zero-order chi connectivity index (χ0) is 13.1. The first kappa shape index (κ1) is 18.6. The molecule has 7 heteroatoms. The number of hydrogen-bond acceptors (Lipinski definition) is 5. The van der Waals surface area contributed by atoms with Crippen LogP contribution < -0.4 is 22.9 Å². The van der Waals surface area contributed by atoms with Gasteiger partial charge in [0.2, 0.25) is 0 Å². The van der Waals surface area contributed by atoms with Crippen LogP contribution in [0.5, 0.6) is 0 Å². The highest BCUT2D eigenvalue weighted by Gasteiger charge is 1.80. The van der Waals surface area contributed by atoms with E-state index in [-0.39, 0.29) is 12.9 Å². The summed E-state index contributed by atoms with van der Waals surface area (Å²) in [7, 11) is 3.94. The molecule has 7 nitrogen and oxygen atoms in total. The Morgan fingerprint density at radius 1 is 1.17 bits per heavy atom. The van der Waals surface area contributed by atoms with Crippen molar-refractivity contribution in [2.24, 2.45) is 19.8 Å². The van der Waals surface area contributed by atoms with Crippen molar-refractivity contribution in [1.82, 2.24) is 15.3 Å². The maximum absolute atomic E-state index is 8.67. The smallest absolute Gasteiger partial charge is 0.0823 e. The molecule has 0 saturated heterocycles. The van der Waals surface area contributed by atoms with Crippen LogP contribution in [0.3, 0.4) is 0 Å². The lowest BCUT2D eigenvalue weighted by molar-refractivity contribution is -0.689. The average Bonchev–Trinajstić information content (AvgIpc) is 2.92. The number of nitrogen functional groups attached to an aromatic ring is 1. The molecule has 7 N–H and O–H groups in total. The molecule has 0 amide bonds. The third-order valence-electron chi connectivity index (χ3n) is 1.68. The van der Waals surface area contributed by atoms with Crippen molar-refractivity contribution in [3.8, 4) is 0 Å². The summed E-state index contributed by atoms with van der Waals surface area (Å²) in [6.07, 6.45) is 7.77. The Morgan fingerprint density at radius 3 is 1.78 bits per heavy atom. The Morgan fingerprint density at radius 2 is 1.67 bits per heavy atom. The summed E-state index contributed by atoms with van der Waals surface area (Å²) in [6, 6.07) is 5.86. The molecular formula is C11H22N5O2-. The minimum Gasteiger partial charge on any atom is -0.722 e. The van der Waals surface area contributed by atoms with E-state index in [1.807, 2.05) is 66.2 Å². The second-order valence-electron chi connectivity index (χ2n) is 3.24. The highest BCUT2D eigenvalue weighted by molar-refractivity contribution is 5.33. The van der Waals surface area contributed by atoms with Crippen molar-refractivity contribution in [2.45, 2.75) is 0 Å². The Bertz CT molecular complexity index is 354. The minimum absolute atomic E-state index is 0. The molecule has 0 fully saturated rings. The van der Waals surface area contributed by atoms with Gasteiger partial charge in [0, 0.05) is 44.6 Å². The first-order valence-electron chi connectivity index (χ1n) is 4.99. The lowest BCUT2D eigenvalue weighted by Crippen LogP contribution is -2.12. The number of anilines is 1. The Hall–Kier alpha value is -1.80. The molecule has 0 bridgehead atoms. The lowest BCUT2D eigenvalue weighted by Gasteiger charge is -1.95. The third kappa shape index (κ3) is 10.7. The SMILES string of the molecule is Cn1ccc(N)c1.Cn1cccc1.N.NCO[O-]. The molecule has 0 radical (unpaired) electrons. The summed E-state index contributed by atoms with van der Waals surface area (Å²) in [6.45, 7) is -0.236. The summed E-state index contributed by atoms with van der Waals surface area (Å²) >= 11 is 0. The van der Waals surface area contributed by atoms with Gasteiger partial charge in [-0.15, -0.1) is 0 Å². The van der Waals surface area contributed by atoms with Gasteiger partial charge in [-0.3, -0.25) is 0 Å². The molecule has 0 aliphatic rings. The molecule has 2 aromatic rings. The fraction of sp³-hybridized carbons (Fsp3) is 0.273. The molecule has 0 saturated carbocycles. The minimum atomic E-state index is -0.236. The number of aromatic nitrogens is 2. The Labute approximate surface area is 107 Å². The molecular weight excluding hydrogens is 234 g/mol. The monoisotopic (exact) mass is 256 g/mol. The summed E-state index contributed by atoms with van der Waals surface area (Å²) in [4.78, 5) is 3.07. The number of rotatable bonds is 1. The molecule has 2 aromatic heterocycles. The van der Waals surface area contributed by atoms with Crippen LogP contribution >= 0.6 is 0 Å². The fourth-order valence-corrected chi connectivity index (χ4v) is 0.945. The predicted molar refractivity (Wildman–Crippen MR) is 70.4 cm³/mol. The van der Waals surface area contributed by atoms with Gasteiger partial charge in [-0.05, 0) is 18.2 Å². The van der Waals surface area contributed by atoms with Crippen molar-refractivity contribution in [3.05, 3.63) is 43.0 Å². The standard InChI is InChI=1S/C5H8N2.C5H7N.CH5NO2.H3N/c1-7-3-2-5(6)4-7;1-6-4-2-3-5-6;2-1-4-3;/h2-4H,6H2,1H3;2-5H,1H3;3H,1-2H2;1H3/p-1. The van der Waals surface area contributed by atoms with E-state index in [9.17, 15) is 0 Å². The van der Waals surface area contributed by atoms with Gasteiger partial charge in [0.1, 0.15) is 0 Å². The van der Waals surface area contributed by atoms with Crippen LogP contribution in [0.1, 0.15) is 0 Å². The molecule has 2 rings (SSSR count). The number of aryl methyl sites for hydroxylation is 2. The van der Waals surface area contributed by atoms with Gasteiger partial charge in [-0.25, -0.2) is 0 Å². The highest BCUT2D eigenvalue weighted by atomic mass is 17.1. The Balaban J connectivity index is 0. The van der Waals surface area contributed by atoms with E-state index in [0.717, 1.165) is 5.69 Å². The van der Waals surface area contributed by atoms with E-state index in [1.165, 1.54) is 0 Å². The first-order chi connectivity index (χ1) is 8.10. The Kier molecular flexibility index (Phi) is 12.0. The normalized spacial score (nSPS) is 8.22. The zero-order valence-corrected chi connectivity index (χ0v) is 10.8. The van der Waals surface area contributed by atoms with Crippen molar-refractivity contribution in [1.29, 1.82) is 0 Å². The molecule has 104 valence electrons. The average molecular weight is 256 g/mol. The van der Waals surface area contributed by atoms with Crippen LogP contribution in [-0.4, -0.2) is 15.9 Å². The van der Waals surface area contributed by atoms with E-state index in [2.05, 4.69) is 10.6 Å². The predicted octanol–water partition coefficient (Wildman–Crippen LogP) is -0.0111.